The molecule has 0 unspecified atom stereocenters. The third-order valence-corrected chi connectivity index (χ3v) is 4.05. The molecule has 102 valence electrons. The number of amides is 3. The van der Waals surface area contributed by atoms with Crippen molar-refractivity contribution in [1.82, 2.24) is 10.2 Å². The first-order chi connectivity index (χ1) is 9.06. The summed E-state index contributed by atoms with van der Waals surface area (Å²) < 4.78 is 13.8. The molecule has 0 atom stereocenters. The fraction of sp³-hybridized carbons (Fsp3) is 0.333. The number of nitrogens with one attached hydrogen (secondary N) is 1. The van der Waals surface area contributed by atoms with Crippen molar-refractivity contribution in [1.29, 1.82) is 0 Å². The summed E-state index contributed by atoms with van der Waals surface area (Å²) in [5.74, 6) is 0.797. The van der Waals surface area contributed by atoms with Crippen molar-refractivity contribution in [2.24, 2.45) is 0 Å². The maximum atomic E-state index is 13.1. The van der Waals surface area contributed by atoms with Gasteiger partial charge in [-0.15, -0.1) is 0 Å². The van der Waals surface area contributed by atoms with E-state index in [0.29, 0.717) is 22.5 Å². The molecule has 1 fully saturated rings. The Morgan fingerprint density at radius 2 is 2.16 bits per heavy atom. The van der Waals surface area contributed by atoms with E-state index in [9.17, 15) is 14.0 Å². The lowest BCUT2D eigenvalue weighted by Crippen LogP contribution is -2.32. The molecule has 0 aliphatic carbocycles. The molecular formula is C12H12BrFN2O2S. The molecule has 2 rings (SSSR count). The molecule has 1 aromatic rings. The van der Waals surface area contributed by atoms with E-state index in [2.05, 4.69) is 21.2 Å². The second-order valence-electron chi connectivity index (χ2n) is 4.03. The van der Waals surface area contributed by atoms with E-state index >= 15 is 0 Å². The minimum Gasteiger partial charge on any atom is -0.329 e. The minimum atomic E-state index is -0.334. The van der Waals surface area contributed by atoms with Crippen molar-refractivity contribution >= 4 is 39.6 Å². The quantitative estimate of drug-likeness (QED) is 0.657. The van der Waals surface area contributed by atoms with Crippen LogP contribution in [0.5, 0.6) is 0 Å². The molecule has 3 amide bonds. The summed E-state index contributed by atoms with van der Waals surface area (Å²) in [4.78, 5) is 23.8. The molecule has 1 N–H and O–H groups in total. The number of rotatable bonds is 5. The molecule has 0 bridgehead atoms. The summed E-state index contributed by atoms with van der Waals surface area (Å²) in [5, 5.41) is 2.47. The zero-order chi connectivity index (χ0) is 13.8. The highest BCUT2D eigenvalue weighted by molar-refractivity contribution is 9.10. The summed E-state index contributed by atoms with van der Waals surface area (Å²) in [6.07, 6.45) is 0. The van der Waals surface area contributed by atoms with E-state index in [1.54, 1.807) is 11.8 Å². The van der Waals surface area contributed by atoms with Gasteiger partial charge in [-0.25, -0.2) is 9.18 Å². The van der Waals surface area contributed by atoms with Gasteiger partial charge in [0.2, 0.25) is 5.91 Å². The first kappa shape index (κ1) is 14.3. The Hall–Kier alpha value is -1.08. The molecule has 1 saturated heterocycles. The van der Waals surface area contributed by atoms with Gasteiger partial charge in [-0.2, -0.15) is 11.8 Å². The highest BCUT2D eigenvalue weighted by Gasteiger charge is 2.27. The van der Waals surface area contributed by atoms with Crippen LogP contribution >= 0.6 is 27.7 Å². The zero-order valence-corrected chi connectivity index (χ0v) is 12.4. The molecule has 4 nitrogen and oxygen atoms in total. The fourth-order valence-electron chi connectivity index (χ4n) is 1.72. The number of hydrogen-bond donors (Lipinski definition) is 1. The molecule has 19 heavy (non-hydrogen) atoms. The van der Waals surface area contributed by atoms with Crippen LogP contribution < -0.4 is 5.32 Å². The maximum Gasteiger partial charge on any atom is 0.324 e. The third-order valence-electron chi connectivity index (χ3n) is 2.59. The van der Waals surface area contributed by atoms with E-state index in [-0.39, 0.29) is 24.3 Å². The zero-order valence-electron chi connectivity index (χ0n) is 9.99. The van der Waals surface area contributed by atoms with Gasteiger partial charge in [0, 0.05) is 22.5 Å². The molecule has 1 heterocycles. The van der Waals surface area contributed by atoms with Crippen LogP contribution in [0.15, 0.2) is 22.7 Å². The van der Waals surface area contributed by atoms with Crippen LogP contribution in [0.2, 0.25) is 0 Å². The minimum absolute atomic E-state index is 0.0837. The fourth-order valence-corrected chi connectivity index (χ4v) is 3.09. The highest BCUT2D eigenvalue weighted by Crippen LogP contribution is 2.19. The average Bonchev–Trinajstić information content (AvgIpc) is 2.64. The monoisotopic (exact) mass is 346 g/mol. The lowest BCUT2D eigenvalue weighted by molar-refractivity contribution is -0.124. The molecule has 0 aromatic heterocycles. The van der Waals surface area contributed by atoms with Crippen LogP contribution in [0.3, 0.4) is 0 Å². The van der Waals surface area contributed by atoms with Gasteiger partial charge in [0.25, 0.3) is 0 Å². The standard InChI is InChI=1S/C12H12BrFN2O2S/c13-9-3-8(4-10(14)5-9)7-19-2-1-16-11(17)6-15-12(16)18/h3-5H,1-2,6-7H2,(H,15,18). The SMILES string of the molecule is O=C1CNC(=O)N1CCSCc1cc(F)cc(Br)c1. The Morgan fingerprint density at radius 1 is 1.37 bits per heavy atom. The van der Waals surface area contributed by atoms with Crippen molar-refractivity contribution < 1.29 is 14.0 Å². The van der Waals surface area contributed by atoms with Gasteiger partial charge in [-0.1, -0.05) is 15.9 Å². The number of benzene rings is 1. The second kappa shape index (κ2) is 6.38. The number of halogens is 2. The topological polar surface area (TPSA) is 49.4 Å². The second-order valence-corrected chi connectivity index (χ2v) is 6.06. The van der Waals surface area contributed by atoms with Crippen molar-refractivity contribution in [2.75, 3.05) is 18.8 Å². The smallest absolute Gasteiger partial charge is 0.324 e. The van der Waals surface area contributed by atoms with Crippen LogP contribution in [0.4, 0.5) is 9.18 Å². The van der Waals surface area contributed by atoms with Gasteiger partial charge >= 0.3 is 6.03 Å². The molecule has 1 aliphatic heterocycles. The van der Waals surface area contributed by atoms with Crippen LogP contribution in [0.1, 0.15) is 5.56 Å². The summed E-state index contributed by atoms with van der Waals surface area (Å²) in [6.45, 7) is 0.464. The van der Waals surface area contributed by atoms with Crippen LogP contribution in [0, 0.1) is 5.82 Å². The lowest BCUT2D eigenvalue weighted by atomic mass is 10.2. The number of carbonyl (C=O) groups excluding carboxylic acids is 2. The molecule has 1 aliphatic rings. The summed E-state index contributed by atoms with van der Waals surface area (Å²) in [6, 6.07) is 4.40. The lowest BCUT2D eigenvalue weighted by Gasteiger charge is -2.11. The number of thioether (sulfide) groups is 1. The van der Waals surface area contributed by atoms with Crippen molar-refractivity contribution in [3.63, 3.8) is 0 Å². The predicted octanol–water partition coefficient (Wildman–Crippen LogP) is 2.37. The van der Waals surface area contributed by atoms with Gasteiger partial charge < -0.3 is 5.32 Å². The average molecular weight is 347 g/mol. The van der Waals surface area contributed by atoms with Crippen LogP contribution in [-0.2, 0) is 10.5 Å². The Labute approximate surface area is 122 Å². The molecular weight excluding hydrogens is 335 g/mol. The Kier molecular flexibility index (Phi) is 4.81. The number of hydrogen-bond acceptors (Lipinski definition) is 3. The predicted molar refractivity (Wildman–Crippen MR) is 75.4 cm³/mol. The van der Waals surface area contributed by atoms with E-state index in [4.69, 9.17) is 0 Å². The number of nitrogens with zero attached hydrogens (tertiary/aromatic N) is 1. The van der Waals surface area contributed by atoms with Gasteiger partial charge in [-0.05, 0) is 23.8 Å². The highest BCUT2D eigenvalue weighted by atomic mass is 79.9. The van der Waals surface area contributed by atoms with Gasteiger partial charge in [-0.3, -0.25) is 9.69 Å². The normalized spacial score (nSPS) is 14.9. The van der Waals surface area contributed by atoms with Gasteiger partial charge in [0.05, 0.1) is 6.54 Å². The first-order valence-corrected chi connectivity index (χ1v) is 7.62. The van der Waals surface area contributed by atoms with Gasteiger partial charge in [0.1, 0.15) is 5.82 Å². The van der Waals surface area contributed by atoms with Crippen molar-refractivity contribution in [2.45, 2.75) is 5.75 Å². The molecule has 1 aromatic carbocycles. The Morgan fingerprint density at radius 3 is 2.79 bits per heavy atom. The van der Waals surface area contributed by atoms with Crippen LogP contribution in [0.25, 0.3) is 0 Å². The van der Waals surface area contributed by atoms with Crippen LogP contribution in [-0.4, -0.2) is 35.7 Å². The van der Waals surface area contributed by atoms with E-state index in [0.717, 1.165) is 5.56 Å². The molecule has 0 saturated carbocycles. The summed E-state index contributed by atoms with van der Waals surface area (Å²) >= 11 is 4.79. The maximum absolute atomic E-state index is 13.1. The Balaban J connectivity index is 1.77. The molecule has 0 radical (unpaired) electrons. The Bertz CT molecular complexity index is 476. The number of carbonyl (C=O) groups is 2. The number of urea groups is 1. The first-order valence-electron chi connectivity index (χ1n) is 5.67. The third kappa shape index (κ3) is 3.94. The van der Waals surface area contributed by atoms with Crippen molar-refractivity contribution in [3.8, 4) is 0 Å². The largest absolute Gasteiger partial charge is 0.329 e. The molecule has 7 heteroatoms. The van der Waals surface area contributed by atoms with E-state index in [1.165, 1.54) is 17.0 Å². The number of imide groups is 1. The van der Waals surface area contributed by atoms with Crippen molar-refractivity contribution in [3.05, 3.63) is 34.1 Å². The summed E-state index contributed by atoms with van der Waals surface area (Å²) in [7, 11) is 0. The van der Waals surface area contributed by atoms with Gasteiger partial charge in [0.15, 0.2) is 0 Å². The van der Waals surface area contributed by atoms with E-state index in [1.807, 2.05) is 6.07 Å². The molecule has 0 spiro atoms. The van der Waals surface area contributed by atoms with E-state index < -0.39 is 0 Å². The summed E-state index contributed by atoms with van der Waals surface area (Å²) in [5.41, 5.74) is 0.870.